The summed E-state index contributed by atoms with van der Waals surface area (Å²) in [6.45, 7) is 2.64. The standard InChI is InChI=1S/C15H15ClO/c1-12-2-4-13(5-3-12)14-6-8-15(9-7-14)17-11-10-16/h2-9H,10-11H2,1H3. The minimum atomic E-state index is 0.514. The van der Waals surface area contributed by atoms with E-state index in [0.717, 1.165) is 5.75 Å². The molecule has 0 amide bonds. The molecule has 0 atom stereocenters. The maximum Gasteiger partial charge on any atom is 0.119 e. The average molecular weight is 247 g/mol. The number of halogens is 1. The first kappa shape index (κ1) is 12.0. The quantitative estimate of drug-likeness (QED) is 0.732. The minimum Gasteiger partial charge on any atom is -0.492 e. The van der Waals surface area contributed by atoms with Crippen molar-refractivity contribution in [2.45, 2.75) is 6.92 Å². The van der Waals surface area contributed by atoms with Gasteiger partial charge in [-0.05, 0) is 30.2 Å². The Morgan fingerprint density at radius 2 is 1.41 bits per heavy atom. The second kappa shape index (κ2) is 5.74. The second-order valence-corrected chi connectivity index (χ2v) is 4.31. The smallest absolute Gasteiger partial charge is 0.119 e. The topological polar surface area (TPSA) is 9.23 Å². The lowest BCUT2D eigenvalue weighted by Crippen LogP contribution is -1.97. The van der Waals surface area contributed by atoms with Crippen LogP contribution in [0.15, 0.2) is 48.5 Å². The summed E-state index contributed by atoms with van der Waals surface area (Å²) in [6, 6.07) is 16.6. The molecule has 0 bridgehead atoms. The Kier molecular flexibility index (Phi) is 4.05. The van der Waals surface area contributed by atoms with Crippen LogP contribution < -0.4 is 4.74 Å². The van der Waals surface area contributed by atoms with E-state index in [1.165, 1.54) is 16.7 Å². The van der Waals surface area contributed by atoms with Crippen molar-refractivity contribution in [3.63, 3.8) is 0 Å². The van der Waals surface area contributed by atoms with Crippen LogP contribution in [-0.4, -0.2) is 12.5 Å². The van der Waals surface area contributed by atoms with Gasteiger partial charge in [-0.2, -0.15) is 0 Å². The fourth-order valence-corrected chi connectivity index (χ4v) is 1.72. The minimum absolute atomic E-state index is 0.514. The molecule has 17 heavy (non-hydrogen) atoms. The number of ether oxygens (including phenoxy) is 1. The van der Waals surface area contributed by atoms with Gasteiger partial charge in [-0.25, -0.2) is 0 Å². The van der Waals surface area contributed by atoms with E-state index in [0.29, 0.717) is 12.5 Å². The zero-order valence-corrected chi connectivity index (χ0v) is 10.6. The lowest BCUT2D eigenvalue weighted by atomic mass is 10.0. The molecule has 0 heterocycles. The number of alkyl halides is 1. The molecule has 2 aromatic rings. The average Bonchev–Trinajstić information content (AvgIpc) is 2.38. The highest BCUT2D eigenvalue weighted by molar-refractivity contribution is 6.18. The summed E-state index contributed by atoms with van der Waals surface area (Å²) in [5, 5.41) is 0. The van der Waals surface area contributed by atoms with E-state index in [-0.39, 0.29) is 0 Å². The zero-order chi connectivity index (χ0) is 12.1. The summed E-state index contributed by atoms with van der Waals surface area (Å²) < 4.78 is 5.43. The van der Waals surface area contributed by atoms with Gasteiger partial charge >= 0.3 is 0 Å². The third kappa shape index (κ3) is 3.24. The fourth-order valence-electron chi connectivity index (χ4n) is 1.65. The van der Waals surface area contributed by atoms with Gasteiger partial charge in [0, 0.05) is 0 Å². The predicted molar refractivity (Wildman–Crippen MR) is 72.8 cm³/mol. The summed E-state index contributed by atoms with van der Waals surface area (Å²) in [7, 11) is 0. The van der Waals surface area contributed by atoms with Gasteiger partial charge in [0.25, 0.3) is 0 Å². The summed E-state index contributed by atoms with van der Waals surface area (Å²) in [5.41, 5.74) is 3.69. The Balaban J connectivity index is 2.14. The Morgan fingerprint density at radius 3 is 1.94 bits per heavy atom. The van der Waals surface area contributed by atoms with Crippen molar-refractivity contribution in [1.29, 1.82) is 0 Å². The highest BCUT2D eigenvalue weighted by Crippen LogP contribution is 2.22. The monoisotopic (exact) mass is 246 g/mol. The molecule has 0 aliphatic rings. The van der Waals surface area contributed by atoms with Gasteiger partial charge in [-0.3, -0.25) is 0 Å². The molecular weight excluding hydrogens is 232 g/mol. The van der Waals surface area contributed by atoms with Crippen molar-refractivity contribution in [3.8, 4) is 16.9 Å². The molecule has 0 saturated carbocycles. The first-order valence-corrected chi connectivity index (χ1v) is 6.19. The molecule has 0 N–H and O–H groups in total. The lowest BCUT2D eigenvalue weighted by molar-refractivity contribution is 0.343. The van der Waals surface area contributed by atoms with Crippen LogP contribution in [0.25, 0.3) is 11.1 Å². The van der Waals surface area contributed by atoms with E-state index >= 15 is 0 Å². The molecule has 0 saturated heterocycles. The molecule has 0 unspecified atom stereocenters. The Hall–Kier alpha value is -1.47. The van der Waals surface area contributed by atoms with Crippen LogP contribution in [0.4, 0.5) is 0 Å². The van der Waals surface area contributed by atoms with Crippen molar-refractivity contribution in [2.24, 2.45) is 0 Å². The van der Waals surface area contributed by atoms with Crippen molar-refractivity contribution in [2.75, 3.05) is 12.5 Å². The summed E-state index contributed by atoms with van der Waals surface area (Å²) >= 11 is 5.57. The Morgan fingerprint density at radius 1 is 0.882 bits per heavy atom. The number of hydrogen-bond donors (Lipinski definition) is 0. The van der Waals surface area contributed by atoms with Crippen LogP contribution in [0.2, 0.25) is 0 Å². The van der Waals surface area contributed by atoms with Gasteiger partial charge in [0.05, 0.1) is 5.88 Å². The van der Waals surface area contributed by atoms with E-state index in [9.17, 15) is 0 Å². The summed E-state index contributed by atoms with van der Waals surface area (Å²) in [4.78, 5) is 0. The predicted octanol–water partition coefficient (Wildman–Crippen LogP) is 4.28. The third-order valence-corrected chi connectivity index (χ3v) is 2.74. The Labute approximate surface area is 107 Å². The van der Waals surface area contributed by atoms with E-state index in [1.807, 2.05) is 12.1 Å². The zero-order valence-electron chi connectivity index (χ0n) is 9.82. The molecule has 1 nitrogen and oxygen atoms in total. The summed E-state index contributed by atoms with van der Waals surface area (Å²) in [5.74, 6) is 1.38. The maximum atomic E-state index is 5.57. The summed E-state index contributed by atoms with van der Waals surface area (Å²) in [6.07, 6.45) is 0. The van der Waals surface area contributed by atoms with Gasteiger partial charge in [0.2, 0.25) is 0 Å². The fraction of sp³-hybridized carbons (Fsp3) is 0.200. The van der Waals surface area contributed by atoms with E-state index in [2.05, 4.69) is 43.3 Å². The maximum absolute atomic E-state index is 5.57. The van der Waals surface area contributed by atoms with Crippen molar-refractivity contribution in [1.82, 2.24) is 0 Å². The molecule has 0 fully saturated rings. The van der Waals surface area contributed by atoms with Crippen LogP contribution >= 0.6 is 11.6 Å². The highest BCUT2D eigenvalue weighted by Gasteiger charge is 1.98. The van der Waals surface area contributed by atoms with E-state index in [1.54, 1.807) is 0 Å². The first-order chi connectivity index (χ1) is 8.29. The molecule has 0 aliphatic carbocycles. The molecule has 0 spiro atoms. The largest absolute Gasteiger partial charge is 0.492 e. The van der Waals surface area contributed by atoms with Crippen LogP contribution in [0.3, 0.4) is 0 Å². The normalized spacial score (nSPS) is 10.2. The molecule has 0 aromatic heterocycles. The molecule has 88 valence electrons. The number of benzene rings is 2. The molecule has 0 radical (unpaired) electrons. The van der Waals surface area contributed by atoms with E-state index in [4.69, 9.17) is 16.3 Å². The van der Waals surface area contributed by atoms with Crippen LogP contribution in [0, 0.1) is 6.92 Å². The van der Waals surface area contributed by atoms with Gasteiger partial charge in [0.1, 0.15) is 12.4 Å². The van der Waals surface area contributed by atoms with Gasteiger partial charge in [0.15, 0.2) is 0 Å². The van der Waals surface area contributed by atoms with Crippen LogP contribution in [0.1, 0.15) is 5.56 Å². The number of hydrogen-bond acceptors (Lipinski definition) is 1. The molecule has 2 rings (SSSR count). The lowest BCUT2D eigenvalue weighted by Gasteiger charge is -2.06. The van der Waals surface area contributed by atoms with Gasteiger partial charge < -0.3 is 4.74 Å². The third-order valence-electron chi connectivity index (χ3n) is 2.59. The molecular formula is C15H15ClO. The number of rotatable bonds is 4. The molecule has 2 aromatic carbocycles. The number of aryl methyl sites for hydroxylation is 1. The van der Waals surface area contributed by atoms with Crippen molar-refractivity contribution in [3.05, 3.63) is 54.1 Å². The highest BCUT2D eigenvalue weighted by atomic mass is 35.5. The first-order valence-electron chi connectivity index (χ1n) is 5.65. The SMILES string of the molecule is Cc1ccc(-c2ccc(OCCCl)cc2)cc1. The Bertz CT molecular complexity index is 459. The van der Waals surface area contributed by atoms with Crippen LogP contribution in [0.5, 0.6) is 5.75 Å². The van der Waals surface area contributed by atoms with Crippen LogP contribution in [-0.2, 0) is 0 Å². The van der Waals surface area contributed by atoms with Crippen molar-refractivity contribution >= 4 is 11.6 Å². The van der Waals surface area contributed by atoms with Gasteiger partial charge in [-0.15, -0.1) is 11.6 Å². The second-order valence-electron chi connectivity index (χ2n) is 3.93. The molecule has 2 heteroatoms. The van der Waals surface area contributed by atoms with Gasteiger partial charge in [-0.1, -0.05) is 42.0 Å². The van der Waals surface area contributed by atoms with E-state index < -0.39 is 0 Å². The molecule has 0 aliphatic heterocycles. The van der Waals surface area contributed by atoms with Crippen molar-refractivity contribution < 1.29 is 4.74 Å².